The lowest BCUT2D eigenvalue weighted by molar-refractivity contribution is -0.155. The molecule has 1 saturated carbocycles. The van der Waals surface area contributed by atoms with Crippen LogP contribution in [0.25, 0.3) is 0 Å². The molecule has 0 aromatic rings. The maximum Gasteiger partial charge on any atom is 0.309 e. The van der Waals surface area contributed by atoms with Gasteiger partial charge in [0.2, 0.25) is 0 Å². The van der Waals surface area contributed by atoms with Gasteiger partial charge in [-0.15, -0.1) is 0 Å². The molecule has 0 amide bonds. The highest BCUT2D eigenvalue weighted by atomic mass is 16.5. The van der Waals surface area contributed by atoms with E-state index < -0.39 is 0 Å². The third kappa shape index (κ3) is 5.65. The van der Waals surface area contributed by atoms with Gasteiger partial charge < -0.3 is 4.74 Å². The average Bonchev–Trinajstić information content (AvgIpc) is 2.24. The molecule has 0 N–H and O–H groups in total. The Morgan fingerprint density at radius 2 is 1.89 bits per heavy atom. The van der Waals surface area contributed by atoms with Crippen molar-refractivity contribution in [3.8, 4) is 0 Å². The van der Waals surface area contributed by atoms with E-state index in [1.165, 1.54) is 19.3 Å². The first kappa shape index (κ1) is 15.2. The van der Waals surface area contributed by atoms with Crippen LogP contribution in [0.1, 0.15) is 59.3 Å². The predicted octanol–water partition coefficient (Wildman–Crippen LogP) is 3.36. The van der Waals surface area contributed by atoms with Crippen LogP contribution < -0.4 is 0 Å². The highest BCUT2D eigenvalue weighted by Gasteiger charge is 2.33. The minimum absolute atomic E-state index is 0.145. The summed E-state index contributed by atoms with van der Waals surface area (Å²) in [5, 5.41) is 0. The lowest BCUT2D eigenvalue weighted by atomic mass is 9.84. The lowest BCUT2D eigenvalue weighted by Crippen LogP contribution is -2.32. The van der Waals surface area contributed by atoms with Gasteiger partial charge in [0.25, 0.3) is 0 Å². The Bertz CT molecular complexity index is 275. The number of ether oxygens (including phenoxy) is 1. The second kappa shape index (κ2) is 7.55. The van der Waals surface area contributed by atoms with Crippen LogP contribution >= 0.6 is 0 Å². The average molecular weight is 254 g/mol. The molecule has 104 valence electrons. The molecular formula is C15H26O3. The normalized spacial score (nSPS) is 17.7. The van der Waals surface area contributed by atoms with Crippen molar-refractivity contribution < 1.29 is 14.3 Å². The molecule has 0 aliphatic heterocycles. The summed E-state index contributed by atoms with van der Waals surface area (Å²) in [6.45, 7) is 7.20. The Morgan fingerprint density at radius 1 is 1.22 bits per heavy atom. The summed E-state index contributed by atoms with van der Waals surface area (Å²) in [6, 6.07) is 0. The second-order valence-corrected chi connectivity index (χ2v) is 6.03. The summed E-state index contributed by atoms with van der Waals surface area (Å²) in [6.07, 6.45) is 5.45. The van der Waals surface area contributed by atoms with Crippen LogP contribution in [0.15, 0.2) is 0 Å². The van der Waals surface area contributed by atoms with Gasteiger partial charge in [0.05, 0.1) is 12.5 Å². The van der Waals surface area contributed by atoms with E-state index in [2.05, 4.69) is 20.8 Å². The molecule has 3 nitrogen and oxygen atoms in total. The van der Waals surface area contributed by atoms with E-state index in [1.54, 1.807) is 0 Å². The van der Waals surface area contributed by atoms with Crippen LogP contribution in [-0.4, -0.2) is 18.4 Å². The zero-order chi connectivity index (χ0) is 13.5. The summed E-state index contributed by atoms with van der Waals surface area (Å²) in [5.41, 5.74) is 0. The zero-order valence-corrected chi connectivity index (χ0v) is 11.9. The van der Waals surface area contributed by atoms with Crippen molar-refractivity contribution in [3.05, 3.63) is 0 Å². The highest BCUT2D eigenvalue weighted by Crippen LogP contribution is 2.24. The summed E-state index contributed by atoms with van der Waals surface area (Å²) >= 11 is 0. The fraction of sp³-hybridized carbons (Fsp3) is 0.867. The molecule has 0 aromatic carbocycles. The third-order valence-electron chi connectivity index (χ3n) is 3.61. The molecule has 1 aliphatic carbocycles. The molecule has 0 heterocycles. The number of hydrogen-bond acceptors (Lipinski definition) is 3. The molecule has 0 saturated heterocycles. The molecule has 1 unspecified atom stereocenters. The van der Waals surface area contributed by atoms with Crippen molar-refractivity contribution in [1.82, 2.24) is 0 Å². The van der Waals surface area contributed by atoms with Crippen molar-refractivity contribution >= 4 is 11.8 Å². The Hall–Kier alpha value is -0.860. The molecule has 1 aliphatic rings. The zero-order valence-electron chi connectivity index (χ0n) is 11.9. The molecule has 0 radical (unpaired) electrons. The van der Waals surface area contributed by atoms with E-state index in [4.69, 9.17) is 4.74 Å². The molecular weight excluding hydrogens is 228 g/mol. The Kier molecular flexibility index (Phi) is 6.37. The van der Waals surface area contributed by atoms with Gasteiger partial charge >= 0.3 is 5.97 Å². The van der Waals surface area contributed by atoms with Crippen molar-refractivity contribution in [2.75, 3.05) is 6.61 Å². The fourth-order valence-corrected chi connectivity index (χ4v) is 2.15. The highest BCUT2D eigenvalue weighted by molar-refractivity contribution is 5.94. The molecule has 0 spiro atoms. The third-order valence-corrected chi connectivity index (χ3v) is 3.61. The smallest absolute Gasteiger partial charge is 0.309 e. The van der Waals surface area contributed by atoms with E-state index >= 15 is 0 Å². The molecule has 1 atom stereocenters. The van der Waals surface area contributed by atoms with E-state index in [-0.39, 0.29) is 17.7 Å². The van der Waals surface area contributed by atoms with Crippen LogP contribution in [0.3, 0.4) is 0 Å². The van der Waals surface area contributed by atoms with Gasteiger partial charge in [-0.1, -0.05) is 40.0 Å². The molecule has 3 heteroatoms. The van der Waals surface area contributed by atoms with E-state index in [0.29, 0.717) is 25.4 Å². The van der Waals surface area contributed by atoms with Crippen LogP contribution in [-0.2, 0) is 14.3 Å². The van der Waals surface area contributed by atoms with Gasteiger partial charge in [0.1, 0.15) is 5.78 Å². The fourth-order valence-electron chi connectivity index (χ4n) is 2.15. The lowest BCUT2D eigenvalue weighted by Gasteiger charge is -2.22. The maximum atomic E-state index is 11.5. The largest absolute Gasteiger partial charge is 0.465 e. The second-order valence-electron chi connectivity index (χ2n) is 6.03. The minimum Gasteiger partial charge on any atom is -0.465 e. The van der Waals surface area contributed by atoms with Gasteiger partial charge in [-0.05, 0) is 18.3 Å². The number of carbonyl (C=O) groups excluding carboxylic acids is 2. The maximum absolute atomic E-state index is 11.5. The monoisotopic (exact) mass is 254 g/mol. The first-order chi connectivity index (χ1) is 8.49. The number of Topliss-reactive ketones (excluding diaryl/α,β-unsaturated/α-hetero) is 1. The van der Waals surface area contributed by atoms with E-state index in [1.807, 2.05) is 0 Å². The van der Waals surface area contributed by atoms with Crippen LogP contribution in [0, 0.1) is 17.8 Å². The van der Waals surface area contributed by atoms with Gasteiger partial charge in [-0.3, -0.25) is 9.59 Å². The number of esters is 1. The summed E-state index contributed by atoms with van der Waals surface area (Å²) < 4.78 is 5.20. The summed E-state index contributed by atoms with van der Waals surface area (Å²) in [7, 11) is 0. The van der Waals surface area contributed by atoms with Gasteiger partial charge in [-0.25, -0.2) is 0 Å². The summed E-state index contributed by atoms with van der Waals surface area (Å²) in [5.74, 6) is 1.24. The predicted molar refractivity (Wildman–Crippen MR) is 71.2 cm³/mol. The van der Waals surface area contributed by atoms with Crippen LogP contribution in [0.4, 0.5) is 0 Å². The Balaban J connectivity index is 1.99. The standard InChI is InChI=1S/C15H26O3/c1-11(2)5-4-6-12(3)7-8-18-15(17)13-9-14(16)10-13/h11-13H,4-10H2,1-3H3. The number of ketones is 1. The molecule has 0 bridgehead atoms. The van der Waals surface area contributed by atoms with Gasteiger partial charge in [0.15, 0.2) is 0 Å². The van der Waals surface area contributed by atoms with Crippen molar-refractivity contribution in [2.24, 2.45) is 17.8 Å². The SMILES string of the molecule is CC(C)CCCC(C)CCOC(=O)C1CC(=O)C1. The molecule has 1 rings (SSSR count). The topological polar surface area (TPSA) is 43.4 Å². The van der Waals surface area contributed by atoms with Crippen LogP contribution in [0.2, 0.25) is 0 Å². The van der Waals surface area contributed by atoms with Crippen molar-refractivity contribution in [2.45, 2.75) is 59.3 Å². The molecule has 0 aromatic heterocycles. The van der Waals surface area contributed by atoms with E-state index in [9.17, 15) is 9.59 Å². The summed E-state index contributed by atoms with van der Waals surface area (Å²) in [4.78, 5) is 22.2. The first-order valence-corrected chi connectivity index (χ1v) is 7.17. The number of rotatable bonds is 8. The molecule has 1 fully saturated rings. The van der Waals surface area contributed by atoms with Gasteiger partial charge in [0, 0.05) is 12.8 Å². The van der Waals surface area contributed by atoms with Crippen molar-refractivity contribution in [3.63, 3.8) is 0 Å². The first-order valence-electron chi connectivity index (χ1n) is 7.17. The van der Waals surface area contributed by atoms with E-state index in [0.717, 1.165) is 12.3 Å². The van der Waals surface area contributed by atoms with Crippen LogP contribution in [0.5, 0.6) is 0 Å². The Labute approximate surface area is 110 Å². The quantitative estimate of drug-likeness (QED) is 0.624. The van der Waals surface area contributed by atoms with Gasteiger partial charge in [-0.2, -0.15) is 0 Å². The Morgan fingerprint density at radius 3 is 2.44 bits per heavy atom. The minimum atomic E-state index is -0.177. The molecule has 18 heavy (non-hydrogen) atoms. The number of carbonyl (C=O) groups is 2. The number of hydrogen-bond donors (Lipinski definition) is 0. The van der Waals surface area contributed by atoms with Crippen molar-refractivity contribution in [1.29, 1.82) is 0 Å².